The molecule has 0 aliphatic carbocycles. The molecule has 1 atom stereocenters. The van der Waals surface area contributed by atoms with Crippen LogP contribution in [0.3, 0.4) is 0 Å². The average Bonchev–Trinajstić information content (AvgIpc) is 2.94. The Balaban J connectivity index is 2.33. The fraction of sp³-hybridized carbons (Fsp3) is 0.500. The van der Waals surface area contributed by atoms with Crippen LogP contribution in [-0.2, 0) is 4.74 Å². The van der Waals surface area contributed by atoms with Gasteiger partial charge in [-0.3, -0.25) is 0 Å². The number of hydrogen-bond donors (Lipinski definition) is 0. The fourth-order valence-electron chi connectivity index (χ4n) is 1.70. The predicted octanol–water partition coefficient (Wildman–Crippen LogP) is 2.77. The summed E-state index contributed by atoms with van der Waals surface area (Å²) in [5, 5.41) is 0. The molecule has 1 aromatic rings. The molecule has 1 unspecified atom stereocenters. The minimum atomic E-state index is 0.337. The smallest absolute Gasteiger partial charge is 0.122 e. The monoisotopic (exact) mass is 192 g/mol. The van der Waals surface area contributed by atoms with E-state index in [1.807, 2.05) is 6.92 Å². The summed E-state index contributed by atoms with van der Waals surface area (Å²) in [6.45, 7) is 7.79. The van der Waals surface area contributed by atoms with Crippen LogP contribution < -0.4 is 4.74 Å². The van der Waals surface area contributed by atoms with Gasteiger partial charge in [0.2, 0.25) is 0 Å². The van der Waals surface area contributed by atoms with Crippen LogP contribution in [0.2, 0.25) is 0 Å². The summed E-state index contributed by atoms with van der Waals surface area (Å²) in [5.74, 6) is 0.995. The minimum absolute atomic E-state index is 0.337. The Labute approximate surface area is 84.8 Å². The van der Waals surface area contributed by atoms with Gasteiger partial charge in [0.05, 0.1) is 13.2 Å². The lowest BCUT2D eigenvalue weighted by atomic mass is 10.0. The van der Waals surface area contributed by atoms with Gasteiger partial charge in [-0.15, -0.1) is 0 Å². The van der Waals surface area contributed by atoms with Crippen molar-refractivity contribution in [2.75, 3.05) is 13.2 Å². The zero-order valence-corrected chi connectivity index (χ0v) is 8.96. The summed E-state index contributed by atoms with van der Waals surface area (Å²) in [6.07, 6.45) is 0.337. The van der Waals surface area contributed by atoms with Gasteiger partial charge in [-0.1, -0.05) is 0 Å². The fourth-order valence-corrected chi connectivity index (χ4v) is 1.70. The van der Waals surface area contributed by atoms with Crippen molar-refractivity contribution in [2.45, 2.75) is 26.9 Å². The van der Waals surface area contributed by atoms with Gasteiger partial charge in [0.1, 0.15) is 11.9 Å². The first kappa shape index (κ1) is 9.53. The van der Waals surface area contributed by atoms with E-state index in [1.165, 1.54) is 16.7 Å². The quantitative estimate of drug-likeness (QED) is 0.687. The first-order valence-electron chi connectivity index (χ1n) is 5.08. The highest BCUT2D eigenvalue weighted by atomic mass is 16.6. The third-order valence-corrected chi connectivity index (χ3v) is 2.54. The van der Waals surface area contributed by atoms with Crippen molar-refractivity contribution < 1.29 is 9.47 Å². The standard InChI is InChI=1S/C12H16O2/c1-4-13-11-6-8(2)10(5-9(11)3)12-7-14-12/h5-6,12H,4,7H2,1-3H3. The zero-order chi connectivity index (χ0) is 10.1. The third-order valence-electron chi connectivity index (χ3n) is 2.54. The topological polar surface area (TPSA) is 21.8 Å². The van der Waals surface area contributed by atoms with Crippen molar-refractivity contribution >= 4 is 0 Å². The predicted molar refractivity (Wildman–Crippen MR) is 55.8 cm³/mol. The maximum absolute atomic E-state index is 5.53. The molecule has 0 amide bonds. The first-order valence-corrected chi connectivity index (χ1v) is 5.08. The number of rotatable bonds is 3. The zero-order valence-electron chi connectivity index (χ0n) is 8.96. The normalized spacial score (nSPS) is 19.5. The molecule has 1 aliphatic heterocycles. The van der Waals surface area contributed by atoms with Crippen LogP contribution in [0.5, 0.6) is 5.75 Å². The van der Waals surface area contributed by atoms with Crippen LogP contribution in [-0.4, -0.2) is 13.2 Å². The van der Waals surface area contributed by atoms with E-state index in [4.69, 9.17) is 9.47 Å². The lowest BCUT2D eigenvalue weighted by molar-refractivity contribution is 0.337. The lowest BCUT2D eigenvalue weighted by Gasteiger charge is -2.10. The van der Waals surface area contributed by atoms with Gasteiger partial charge in [-0.2, -0.15) is 0 Å². The molecule has 0 N–H and O–H groups in total. The second-order valence-electron chi connectivity index (χ2n) is 3.73. The molecule has 2 rings (SSSR count). The Morgan fingerprint density at radius 1 is 1.36 bits per heavy atom. The summed E-state index contributed by atoms with van der Waals surface area (Å²) in [5.41, 5.74) is 3.77. The Hall–Kier alpha value is -1.02. The molecule has 1 heterocycles. The lowest BCUT2D eigenvalue weighted by Crippen LogP contribution is -1.97. The molecule has 0 aromatic heterocycles. The van der Waals surface area contributed by atoms with E-state index in [9.17, 15) is 0 Å². The number of hydrogen-bond acceptors (Lipinski definition) is 2. The van der Waals surface area contributed by atoms with Crippen LogP contribution in [0.1, 0.15) is 29.7 Å². The molecule has 1 saturated heterocycles. The largest absolute Gasteiger partial charge is 0.494 e. The van der Waals surface area contributed by atoms with E-state index in [0.717, 1.165) is 19.0 Å². The summed E-state index contributed by atoms with van der Waals surface area (Å²) in [7, 11) is 0. The Bertz CT molecular complexity index is 340. The van der Waals surface area contributed by atoms with Gasteiger partial charge < -0.3 is 9.47 Å². The highest BCUT2D eigenvalue weighted by molar-refractivity contribution is 5.43. The van der Waals surface area contributed by atoms with Crippen LogP contribution in [0.15, 0.2) is 12.1 Å². The molecule has 0 spiro atoms. The van der Waals surface area contributed by atoms with Crippen molar-refractivity contribution in [2.24, 2.45) is 0 Å². The minimum Gasteiger partial charge on any atom is -0.494 e. The van der Waals surface area contributed by atoms with Crippen molar-refractivity contribution in [1.29, 1.82) is 0 Å². The number of ether oxygens (including phenoxy) is 2. The van der Waals surface area contributed by atoms with Gasteiger partial charge in [-0.25, -0.2) is 0 Å². The second-order valence-corrected chi connectivity index (χ2v) is 3.73. The van der Waals surface area contributed by atoms with Gasteiger partial charge in [-0.05, 0) is 49.6 Å². The molecule has 2 heteroatoms. The van der Waals surface area contributed by atoms with Crippen molar-refractivity contribution in [3.63, 3.8) is 0 Å². The number of aryl methyl sites for hydroxylation is 2. The average molecular weight is 192 g/mol. The molecule has 1 aliphatic rings. The van der Waals surface area contributed by atoms with E-state index < -0.39 is 0 Å². The van der Waals surface area contributed by atoms with E-state index in [-0.39, 0.29) is 0 Å². The second kappa shape index (κ2) is 3.62. The summed E-state index contributed by atoms with van der Waals surface area (Å²) < 4.78 is 10.8. The van der Waals surface area contributed by atoms with Crippen LogP contribution in [0, 0.1) is 13.8 Å². The molecule has 14 heavy (non-hydrogen) atoms. The molecular weight excluding hydrogens is 176 g/mol. The maximum atomic E-state index is 5.53. The van der Waals surface area contributed by atoms with Crippen molar-refractivity contribution in [1.82, 2.24) is 0 Å². The van der Waals surface area contributed by atoms with E-state index >= 15 is 0 Å². The summed E-state index contributed by atoms with van der Waals surface area (Å²) in [4.78, 5) is 0. The van der Waals surface area contributed by atoms with Crippen LogP contribution in [0.4, 0.5) is 0 Å². The van der Waals surface area contributed by atoms with Crippen molar-refractivity contribution in [3.8, 4) is 5.75 Å². The molecule has 1 fully saturated rings. The molecule has 2 nitrogen and oxygen atoms in total. The molecule has 0 saturated carbocycles. The van der Waals surface area contributed by atoms with Crippen LogP contribution >= 0.6 is 0 Å². The highest BCUT2D eigenvalue weighted by Gasteiger charge is 2.26. The van der Waals surface area contributed by atoms with Gasteiger partial charge in [0.25, 0.3) is 0 Å². The SMILES string of the molecule is CCOc1cc(C)c(C2CO2)cc1C. The number of epoxide rings is 1. The maximum Gasteiger partial charge on any atom is 0.122 e. The summed E-state index contributed by atoms with van der Waals surface area (Å²) in [6, 6.07) is 4.29. The number of benzene rings is 1. The molecule has 76 valence electrons. The molecule has 0 radical (unpaired) electrons. The van der Waals surface area contributed by atoms with Crippen molar-refractivity contribution in [3.05, 3.63) is 28.8 Å². The highest BCUT2D eigenvalue weighted by Crippen LogP contribution is 2.35. The summed E-state index contributed by atoms with van der Waals surface area (Å²) >= 11 is 0. The Kier molecular flexibility index (Phi) is 2.46. The van der Waals surface area contributed by atoms with E-state index in [1.54, 1.807) is 0 Å². The Morgan fingerprint density at radius 2 is 2.07 bits per heavy atom. The van der Waals surface area contributed by atoms with Gasteiger partial charge in [0, 0.05) is 0 Å². The van der Waals surface area contributed by atoms with Gasteiger partial charge >= 0.3 is 0 Å². The van der Waals surface area contributed by atoms with Crippen LogP contribution in [0.25, 0.3) is 0 Å². The molecular formula is C12H16O2. The van der Waals surface area contributed by atoms with E-state index in [0.29, 0.717) is 6.10 Å². The third kappa shape index (κ3) is 1.75. The van der Waals surface area contributed by atoms with Gasteiger partial charge in [0.15, 0.2) is 0 Å². The first-order chi connectivity index (χ1) is 6.72. The molecule has 0 bridgehead atoms. The Morgan fingerprint density at radius 3 is 2.64 bits per heavy atom. The van der Waals surface area contributed by atoms with E-state index in [2.05, 4.69) is 26.0 Å². The molecule has 1 aromatic carbocycles.